The molecule has 5 heteroatoms. The van der Waals surface area contributed by atoms with E-state index < -0.39 is 0 Å². The van der Waals surface area contributed by atoms with Crippen molar-refractivity contribution in [3.8, 4) is 11.1 Å². The molecule has 0 aliphatic rings. The zero-order chi connectivity index (χ0) is 20.2. The summed E-state index contributed by atoms with van der Waals surface area (Å²) in [6.07, 6.45) is 0. The molecule has 0 atom stereocenters. The number of benzene rings is 3. The Bertz CT molecular complexity index is 1210. The smallest absolute Gasteiger partial charge is 0.279 e. The molecule has 0 N–H and O–H groups in total. The summed E-state index contributed by atoms with van der Waals surface area (Å²) in [6.45, 7) is 3.29. The van der Waals surface area contributed by atoms with Crippen molar-refractivity contribution in [2.75, 3.05) is 13.7 Å². The molecule has 0 aliphatic heterocycles. The first-order chi connectivity index (χ1) is 14.2. The highest BCUT2D eigenvalue weighted by atomic mass is 32.1. The number of para-hydroxylation sites is 1. The van der Waals surface area contributed by atoms with Gasteiger partial charge in [-0.05, 0) is 41.8 Å². The lowest BCUT2D eigenvalue weighted by Crippen LogP contribution is -2.19. The highest BCUT2D eigenvalue weighted by Crippen LogP contribution is 2.22. The molecule has 0 bridgehead atoms. The summed E-state index contributed by atoms with van der Waals surface area (Å²) in [5, 5.41) is 0. The van der Waals surface area contributed by atoms with Gasteiger partial charge in [0, 0.05) is 19.2 Å². The van der Waals surface area contributed by atoms with Crippen molar-refractivity contribution in [2.45, 2.75) is 13.5 Å². The SMILES string of the molecule is COCCn1c(=NC(=O)c2ccc(-c3ccccc3)cc2)sc2cccc(C)c21. The van der Waals surface area contributed by atoms with E-state index in [9.17, 15) is 4.79 Å². The van der Waals surface area contributed by atoms with Crippen LogP contribution in [0.4, 0.5) is 0 Å². The number of aromatic nitrogens is 1. The maximum Gasteiger partial charge on any atom is 0.279 e. The third-order valence-corrected chi connectivity index (χ3v) is 5.90. The standard InChI is InChI=1S/C24H22N2O2S/c1-17-7-6-10-21-22(17)26(15-16-28-2)24(29-21)25-23(27)20-13-11-19(12-14-20)18-8-4-3-5-9-18/h3-14H,15-16H2,1-2H3. The van der Waals surface area contributed by atoms with Crippen LogP contribution in [-0.2, 0) is 11.3 Å². The summed E-state index contributed by atoms with van der Waals surface area (Å²) in [5.74, 6) is -0.236. The molecule has 0 fully saturated rings. The maximum atomic E-state index is 12.8. The van der Waals surface area contributed by atoms with Gasteiger partial charge >= 0.3 is 0 Å². The molecule has 0 saturated carbocycles. The molecule has 0 radical (unpaired) electrons. The molecule has 4 nitrogen and oxygen atoms in total. The Kier molecular flexibility index (Phi) is 5.69. The van der Waals surface area contributed by atoms with Crippen molar-refractivity contribution in [1.82, 2.24) is 4.57 Å². The van der Waals surface area contributed by atoms with Gasteiger partial charge in [-0.25, -0.2) is 0 Å². The van der Waals surface area contributed by atoms with Crippen LogP contribution in [0.3, 0.4) is 0 Å². The summed E-state index contributed by atoms with van der Waals surface area (Å²) in [7, 11) is 1.68. The lowest BCUT2D eigenvalue weighted by atomic mass is 10.0. The second-order valence-electron chi connectivity index (χ2n) is 6.81. The Labute approximate surface area is 173 Å². The number of ether oxygens (including phenoxy) is 1. The molecule has 0 aliphatic carbocycles. The fourth-order valence-electron chi connectivity index (χ4n) is 3.37. The molecule has 0 spiro atoms. The van der Waals surface area contributed by atoms with E-state index in [1.165, 1.54) is 11.3 Å². The van der Waals surface area contributed by atoms with Gasteiger partial charge in [0.15, 0.2) is 4.80 Å². The Hall–Kier alpha value is -3.02. The number of thiazole rings is 1. The Morgan fingerprint density at radius 2 is 1.69 bits per heavy atom. The minimum absolute atomic E-state index is 0.236. The minimum Gasteiger partial charge on any atom is -0.383 e. The quantitative estimate of drug-likeness (QED) is 0.468. The molecule has 3 aromatic carbocycles. The van der Waals surface area contributed by atoms with E-state index in [4.69, 9.17) is 4.74 Å². The second-order valence-corrected chi connectivity index (χ2v) is 7.82. The first-order valence-electron chi connectivity index (χ1n) is 9.50. The molecular weight excluding hydrogens is 380 g/mol. The first-order valence-corrected chi connectivity index (χ1v) is 10.3. The number of carbonyl (C=O) groups excluding carboxylic acids is 1. The number of carbonyl (C=O) groups is 1. The lowest BCUT2D eigenvalue weighted by molar-refractivity contribution is 0.0997. The molecule has 146 valence electrons. The summed E-state index contributed by atoms with van der Waals surface area (Å²) in [4.78, 5) is 18.0. The zero-order valence-electron chi connectivity index (χ0n) is 16.5. The molecular formula is C24H22N2O2S. The molecule has 1 heterocycles. The molecule has 29 heavy (non-hydrogen) atoms. The monoisotopic (exact) mass is 402 g/mol. The topological polar surface area (TPSA) is 43.6 Å². The fraction of sp³-hybridized carbons (Fsp3) is 0.167. The Morgan fingerprint density at radius 1 is 0.966 bits per heavy atom. The average molecular weight is 403 g/mol. The number of amides is 1. The van der Waals surface area contributed by atoms with Crippen LogP contribution in [0.5, 0.6) is 0 Å². The van der Waals surface area contributed by atoms with E-state index in [1.807, 2.05) is 48.5 Å². The van der Waals surface area contributed by atoms with E-state index in [1.54, 1.807) is 7.11 Å². The number of hydrogen-bond donors (Lipinski definition) is 0. The number of nitrogens with zero attached hydrogens (tertiary/aromatic N) is 2. The van der Waals surface area contributed by atoms with Crippen LogP contribution in [0.25, 0.3) is 21.3 Å². The molecule has 1 amide bonds. The predicted molar refractivity (Wildman–Crippen MR) is 118 cm³/mol. The number of hydrogen-bond acceptors (Lipinski definition) is 3. The van der Waals surface area contributed by atoms with Crippen molar-refractivity contribution >= 4 is 27.5 Å². The van der Waals surface area contributed by atoms with E-state index in [0.717, 1.165) is 26.9 Å². The van der Waals surface area contributed by atoms with Gasteiger partial charge in [-0.3, -0.25) is 4.79 Å². The highest BCUT2D eigenvalue weighted by Gasteiger charge is 2.11. The summed E-state index contributed by atoms with van der Waals surface area (Å²) < 4.78 is 8.46. The van der Waals surface area contributed by atoms with Crippen LogP contribution in [0.15, 0.2) is 77.8 Å². The zero-order valence-corrected chi connectivity index (χ0v) is 17.3. The van der Waals surface area contributed by atoms with Gasteiger partial charge in [0.2, 0.25) is 0 Å². The van der Waals surface area contributed by atoms with Crippen LogP contribution in [-0.4, -0.2) is 24.2 Å². The van der Waals surface area contributed by atoms with Crippen LogP contribution in [0.1, 0.15) is 15.9 Å². The van der Waals surface area contributed by atoms with Gasteiger partial charge in [0.25, 0.3) is 5.91 Å². The largest absolute Gasteiger partial charge is 0.383 e. The van der Waals surface area contributed by atoms with Crippen LogP contribution in [0.2, 0.25) is 0 Å². The van der Waals surface area contributed by atoms with E-state index in [-0.39, 0.29) is 5.91 Å². The van der Waals surface area contributed by atoms with Crippen LogP contribution < -0.4 is 4.80 Å². The third-order valence-electron chi connectivity index (χ3n) is 4.86. The molecule has 1 aromatic heterocycles. The second kappa shape index (κ2) is 8.55. The number of aryl methyl sites for hydroxylation is 1. The van der Waals surface area contributed by atoms with Gasteiger partial charge < -0.3 is 9.30 Å². The van der Waals surface area contributed by atoms with Crippen molar-refractivity contribution < 1.29 is 9.53 Å². The number of rotatable bonds is 5. The van der Waals surface area contributed by atoms with E-state index in [2.05, 4.69) is 40.7 Å². The van der Waals surface area contributed by atoms with E-state index in [0.29, 0.717) is 23.5 Å². The van der Waals surface area contributed by atoms with Crippen molar-refractivity contribution in [3.63, 3.8) is 0 Å². The summed E-state index contributed by atoms with van der Waals surface area (Å²) >= 11 is 1.53. The maximum absolute atomic E-state index is 12.8. The van der Waals surface area contributed by atoms with Crippen LogP contribution >= 0.6 is 11.3 Å². The third kappa shape index (κ3) is 4.06. The first kappa shape index (κ1) is 19.3. The fourth-order valence-corrected chi connectivity index (χ4v) is 4.50. The van der Waals surface area contributed by atoms with Crippen molar-refractivity contribution in [1.29, 1.82) is 0 Å². The number of methoxy groups -OCH3 is 1. The lowest BCUT2D eigenvalue weighted by Gasteiger charge is -2.06. The van der Waals surface area contributed by atoms with Gasteiger partial charge in [-0.2, -0.15) is 4.99 Å². The normalized spacial score (nSPS) is 11.9. The van der Waals surface area contributed by atoms with Gasteiger partial charge in [0.1, 0.15) is 0 Å². The number of fused-ring (bicyclic) bond motifs is 1. The molecule has 0 saturated heterocycles. The predicted octanol–water partition coefficient (Wildman–Crippen LogP) is 5.07. The molecule has 4 rings (SSSR count). The van der Waals surface area contributed by atoms with Crippen molar-refractivity contribution in [2.24, 2.45) is 4.99 Å². The van der Waals surface area contributed by atoms with E-state index >= 15 is 0 Å². The summed E-state index contributed by atoms with van der Waals surface area (Å²) in [5.41, 5.74) is 5.06. The van der Waals surface area contributed by atoms with Gasteiger partial charge in [0.05, 0.1) is 16.8 Å². The Balaban J connectivity index is 1.71. The highest BCUT2D eigenvalue weighted by molar-refractivity contribution is 7.16. The molecule has 4 aromatic rings. The Morgan fingerprint density at radius 3 is 2.41 bits per heavy atom. The minimum atomic E-state index is -0.236. The molecule has 0 unspecified atom stereocenters. The summed E-state index contributed by atoms with van der Waals surface area (Å²) in [6, 6.07) is 23.9. The van der Waals surface area contributed by atoms with Crippen LogP contribution in [0, 0.1) is 6.92 Å². The van der Waals surface area contributed by atoms with Crippen molar-refractivity contribution in [3.05, 3.63) is 88.7 Å². The average Bonchev–Trinajstić information content (AvgIpc) is 3.11. The van der Waals surface area contributed by atoms with Gasteiger partial charge in [-0.1, -0.05) is 65.9 Å². The van der Waals surface area contributed by atoms with Gasteiger partial charge in [-0.15, -0.1) is 0 Å².